The monoisotopic (exact) mass is 393 g/mol. The molecule has 0 spiro atoms. The number of aryl methyl sites for hydroxylation is 1. The summed E-state index contributed by atoms with van der Waals surface area (Å²) in [5.41, 5.74) is 3.96. The highest BCUT2D eigenvalue weighted by Crippen LogP contribution is 2.32. The van der Waals surface area contributed by atoms with E-state index in [0.717, 1.165) is 17.1 Å². The minimum Gasteiger partial charge on any atom is -0.479 e. The van der Waals surface area contributed by atoms with Gasteiger partial charge in [-0.25, -0.2) is 4.39 Å². The Morgan fingerprint density at radius 3 is 2.59 bits per heavy atom. The van der Waals surface area contributed by atoms with Crippen molar-refractivity contribution in [3.63, 3.8) is 0 Å². The maximum atomic E-state index is 13.2. The van der Waals surface area contributed by atoms with Crippen LogP contribution in [0, 0.1) is 19.7 Å². The molecule has 0 aliphatic carbocycles. The van der Waals surface area contributed by atoms with Crippen molar-refractivity contribution in [2.24, 2.45) is 0 Å². The molecule has 7 heteroatoms. The lowest BCUT2D eigenvalue weighted by Crippen LogP contribution is -2.34. The second kappa shape index (κ2) is 7.09. The van der Waals surface area contributed by atoms with Crippen LogP contribution in [0.15, 0.2) is 48.5 Å². The molecule has 0 saturated carbocycles. The predicted molar refractivity (Wildman–Crippen MR) is 108 cm³/mol. The van der Waals surface area contributed by atoms with E-state index >= 15 is 0 Å². The van der Waals surface area contributed by atoms with E-state index in [2.05, 4.69) is 10.6 Å². The number of aromatic nitrogens is 1. The third kappa shape index (κ3) is 3.47. The first kappa shape index (κ1) is 18.7. The molecule has 6 nitrogen and oxygen atoms in total. The van der Waals surface area contributed by atoms with Gasteiger partial charge in [-0.15, -0.1) is 0 Å². The average molecular weight is 393 g/mol. The van der Waals surface area contributed by atoms with Crippen molar-refractivity contribution in [3.05, 3.63) is 71.3 Å². The van der Waals surface area contributed by atoms with Gasteiger partial charge in [-0.05, 0) is 69.3 Å². The van der Waals surface area contributed by atoms with E-state index in [9.17, 15) is 14.0 Å². The Labute approximate surface area is 167 Å². The van der Waals surface area contributed by atoms with Gasteiger partial charge in [0.2, 0.25) is 0 Å². The van der Waals surface area contributed by atoms with E-state index < -0.39 is 6.10 Å². The molecule has 4 rings (SSSR count). The molecular formula is C22H20FN3O3. The maximum Gasteiger partial charge on any atom is 0.265 e. The maximum absolute atomic E-state index is 13.2. The van der Waals surface area contributed by atoms with Crippen LogP contribution in [0.5, 0.6) is 5.75 Å². The molecule has 0 bridgehead atoms. The lowest BCUT2D eigenvalue weighted by Gasteiger charge is -2.23. The number of nitrogens with one attached hydrogen (secondary N) is 2. The number of carbonyl (C=O) groups excluding carboxylic acids is 2. The summed E-state index contributed by atoms with van der Waals surface area (Å²) in [6.07, 6.45) is -0.556. The number of nitrogens with zero attached hydrogens (tertiary/aromatic N) is 1. The van der Waals surface area contributed by atoms with Crippen molar-refractivity contribution in [2.75, 3.05) is 10.6 Å². The van der Waals surface area contributed by atoms with Crippen LogP contribution in [0.2, 0.25) is 0 Å². The number of halogens is 1. The first-order chi connectivity index (χ1) is 13.8. The van der Waals surface area contributed by atoms with Crippen LogP contribution in [0.4, 0.5) is 15.8 Å². The van der Waals surface area contributed by atoms with Gasteiger partial charge in [0.05, 0.1) is 11.3 Å². The Morgan fingerprint density at radius 1 is 1.14 bits per heavy atom. The van der Waals surface area contributed by atoms with Crippen molar-refractivity contribution >= 4 is 23.2 Å². The summed E-state index contributed by atoms with van der Waals surface area (Å²) in [7, 11) is 0. The molecule has 1 aliphatic heterocycles. The molecule has 29 heavy (non-hydrogen) atoms. The fraction of sp³-hybridized carbons (Fsp3) is 0.182. The fourth-order valence-electron chi connectivity index (χ4n) is 3.47. The van der Waals surface area contributed by atoms with Crippen LogP contribution in [0.1, 0.15) is 28.7 Å². The molecule has 3 aromatic rings. The number of hydrogen-bond donors (Lipinski definition) is 2. The number of hydrogen-bond acceptors (Lipinski definition) is 3. The van der Waals surface area contributed by atoms with Gasteiger partial charge in [-0.1, -0.05) is 0 Å². The first-order valence-electron chi connectivity index (χ1n) is 9.21. The van der Waals surface area contributed by atoms with Crippen LogP contribution in [-0.4, -0.2) is 22.5 Å². The summed E-state index contributed by atoms with van der Waals surface area (Å²) < 4.78 is 20.7. The number of fused-ring (bicyclic) bond motifs is 1. The van der Waals surface area contributed by atoms with E-state index in [0.29, 0.717) is 22.7 Å². The topological polar surface area (TPSA) is 72.4 Å². The van der Waals surface area contributed by atoms with Crippen molar-refractivity contribution in [1.29, 1.82) is 0 Å². The zero-order valence-electron chi connectivity index (χ0n) is 16.2. The average Bonchev–Trinajstić information content (AvgIpc) is 2.98. The Hall–Kier alpha value is -3.61. The standard InChI is InChI=1S/C22H20FN3O3/c1-12-10-18(13(2)26(12)17-7-4-15(23)5-8-17)22(28)24-16-6-9-20-19(11-16)25-21(27)14(3)29-20/h4-11,14H,1-3H3,(H,24,28)(H,25,27). The van der Waals surface area contributed by atoms with Crippen molar-refractivity contribution in [2.45, 2.75) is 26.9 Å². The number of benzene rings is 2. The molecule has 2 heterocycles. The Balaban J connectivity index is 1.60. The summed E-state index contributed by atoms with van der Waals surface area (Å²) in [4.78, 5) is 24.7. The Kier molecular flexibility index (Phi) is 4.58. The molecule has 1 aromatic heterocycles. The van der Waals surface area contributed by atoms with E-state index in [1.165, 1.54) is 12.1 Å². The minimum atomic E-state index is -0.556. The normalized spacial score (nSPS) is 15.3. The van der Waals surface area contributed by atoms with Crippen molar-refractivity contribution in [1.82, 2.24) is 4.57 Å². The molecule has 2 amide bonds. The zero-order valence-corrected chi connectivity index (χ0v) is 16.2. The first-order valence-corrected chi connectivity index (χ1v) is 9.21. The molecule has 1 aliphatic rings. The predicted octanol–water partition coefficient (Wildman–Crippen LogP) is 4.20. The minimum absolute atomic E-state index is 0.233. The second-order valence-electron chi connectivity index (χ2n) is 7.01. The van der Waals surface area contributed by atoms with E-state index in [1.807, 2.05) is 18.4 Å². The van der Waals surface area contributed by atoms with Gasteiger partial charge < -0.3 is 19.9 Å². The van der Waals surface area contributed by atoms with E-state index in [-0.39, 0.29) is 17.6 Å². The number of anilines is 2. The van der Waals surface area contributed by atoms with Gasteiger partial charge in [0.1, 0.15) is 11.6 Å². The third-order valence-electron chi connectivity index (χ3n) is 4.93. The second-order valence-corrected chi connectivity index (χ2v) is 7.01. The molecule has 2 N–H and O–H groups in total. The highest BCUT2D eigenvalue weighted by atomic mass is 19.1. The fourth-order valence-corrected chi connectivity index (χ4v) is 3.47. The molecule has 1 atom stereocenters. The van der Waals surface area contributed by atoms with Gasteiger partial charge in [0.25, 0.3) is 11.8 Å². The molecule has 0 saturated heterocycles. The van der Waals surface area contributed by atoms with Gasteiger partial charge in [-0.2, -0.15) is 0 Å². The van der Waals surface area contributed by atoms with Gasteiger partial charge in [0.15, 0.2) is 6.10 Å². The molecule has 0 fully saturated rings. The third-order valence-corrected chi connectivity index (χ3v) is 4.93. The summed E-state index contributed by atoms with van der Waals surface area (Å²) in [6, 6.07) is 13.0. The lowest BCUT2D eigenvalue weighted by atomic mass is 10.2. The van der Waals surface area contributed by atoms with Crippen LogP contribution in [0.25, 0.3) is 5.69 Å². The number of amides is 2. The van der Waals surface area contributed by atoms with Gasteiger partial charge in [-0.3, -0.25) is 9.59 Å². The lowest BCUT2D eigenvalue weighted by molar-refractivity contribution is -0.122. The van der Waals surface area contributed by atoms with Gasteiger partial charge >= 0.3 is 0 Å². The molecule has 1 unspecified atom stereocenters. The number of carbonyl (C=O) groups is 2. The van der Waals surface area contributed by atoms with Crippen LogP contribution in [-0.2, 0) is 4.79 Å². The number of ether oxygens (including phenoxy) is 1. The van der Waals surface area contributed by atoms with E-state index in [1.54, 1.807) is 43.3 Å². The quantitative estimate of drug-likeness (QED) is 0.700. The molecule has 2 aromatic carbocycles. The summed E-state index contributed by atoms with van der Waals surface area (Å²) >= 11 is 0. The summed E-state index contributed by atoms with van der Waals surface area (Å²) in [5.74, 6) is -0.261. The molecule has 148 valence electrons. The van der Waals surface area contributed by atoms with Crippen molar-refractivity contribution in [3.8, 4) is 11.4 Å². The highest BCUT2D eigenvalue weighted by molar-refractivity contribution is 6.06. The Morgan fingerprint density at radius 2 is 1.86 bits per heavy atom. The smallest absolute Gasteiger partial charge is 0.265 e. The van der Waals surface area contributed by atoms with Crippen molar-refractivity contribution < 1.29 is 18.7 Å². The van der Waals surface area contributed by atoms with Crippen LogP contribution < -0.4 is 15.4 Å². The largest absolute Gasteiger partial charge is 0.479 e. The van der Waals surface area contributed by atoms with Crippen LogP contribution in [0.3, 0.4) is 0 Å². The number of rotatable bonds is 3. The van der Waals surface area contributed by atoms with E-state index in [4.69, 9.17) is 4.74 Å². The summed E-state index contributed by atoms with van der Waals surface area (Å²) in [6.45, 7) is 5.40. The zero-order chi connectivity index (χ0) is 20.7. The Bertz CT molecular complexity index is 1120. The highest BCUT2D eigenvalue weighted by Gasteiger charge is 2.24. The summed E-state index contributed by atoms with van der Waals surface area (Å²) in [5, 5.41) is 5.62. The molecule has 0 radical (unpaired) electrons. The SMILES string of the molecule is Cc1cc(C(=O)Nc2ccc3c(c2)NC(=O)C(C)O3)c(C)n1-c1ccc(F)cc1. The van der Waals surface area contributed by atoms with Gasteiger partial charge in [0, 0.05) is 22.8 Å². The van der Waals surface area contributed by atoms with Crippen LogP contribution >= 0.6 is 0 Å². The molecular weight excluding hydrogens is 373 g/mol.